The van der Waals surface area contributed by atoms with Crippen LogP contribution in [0.25, 0.3) is 0 Å². The lowest BCUT2D eigenvalue weighted by Crippen LogP contribution is -2.51. The SMILES string of the molecule is CC(CNC(=O)[C@@H]1C[C@@H](O)CN1C(=O)[C@@H](n1cc(C2CC2)nn1)C(C)(C)C)S(N)(=O)=O. The Balaban J connectivity index is 1.79. The van der Waals surface area contributed by atoms with Crippen LogP contribution in [0.1, 0.15) is 64.6 Å². The van der Waals surface area contributed by atoms with Gasteiger partial charge in [0.1, 0.15) is 12.1 Å². The number of primary sulfonamides is 1. The first kappa shape index (κ1) is 23.6. The zero-order valence-corrected chi connectivity index (χ0v) is 19.2. The van der Waals surface area contributed by atoms with Crippen LogP contribution in [-0.4, -0.2) is 75.7 Å². The zero-order chi connectivity index (χ0) is 23.1. The monoisotopic (exact) mass is 456 g/mol. The molecular weight excluding hydrogens is 424 g/mol. The Kier molecular flexibility index (Phi) is 6.45. The van der Waals surface area contributed by atoms with E-state index >= 15 is 0 Å². The van der Waals surface area contributed by atoms with Gasteiger partial charge in [0.05, 0.1) is 17.0 Å². The largest absolute Gasteiger partial charge is 0.391 e. The van der Waals surface area contributed by atoms with Crippen molar-refractivity contribution < 1.29 is 23.1 Å². The van der Waals surface area contributed by atoms with Crippen molar-refractivity contribution in [1.82, 2.24) is 25.2 Å². The Morgan fingerprint density at radius 2 is 2.00 bits per heavy atom. The van der Waals surface area contributed by atoms with Gasteiger partial charge < -0.3 is 15.3 Å². The molecular formula is C19H32N6O5S. The minimum Gasteiger partial charge on any atom is -0.391 e. The summed E-state index contributed by atoms with van der Waals surface area (Å²) in [5, 5.41) is 25.3. The summed E-state index contributed by atoms with van der Waals surface area (Å²) in [6, 6.07) is -1.62. The molecule has 1 saturated carbocycles. The molecule has 2 heterocycles. The molecule has 0 radical (unpaired) electrons. The summed E-state index contributed by atoms with van der Waals surface area (Å²) in [6.45, 7) is 6.94. The summed E-state index contributed by atoms with van der Waals surface area (Å²) in [5.41, 5.74) is 0.331. The van der Waals surface area contributed by atoms with E-state index < -0.39 is 44.8 Å². The maximum Gasteiger partial charge on any atom is 0.248 e. The number of nitrogens with one attached hydrogen (secondary N) is 1. The van der Waals surface area contributed by atoms with Crippen LogP contribution in [0.4, 0.5) is 0 Å². The van der Waals surface area contributed by atoms with E-state index in [0.29, 0.717) is 5.92 Å². The molecule has 1 aromatic heterocycles. The van der Waals surface area contributed by atoms with E-state index in [0.717, 1.165) is 18.5 Å². The molecule has 4 atom stereocenters. The summed E-state index contributed by atoms with van der Waals surface area (Å²) in [4.78, 5) is 27.7. The van der Waals surface area contributed by atoms with Gasteiger partial charge in [0, 0.05) is 31.6 Å². The standard InChI is InChI=1S/C19H32N6O5S/c1-11(31(20,29)30)8-21-17(27)15-7-13(26)9-24(15)18(28)16(19(2,3)4)25-10-14(22-23-25)12-5-6-12/h10-13,15-16,26H,5-9H2,1-4H3,(H,21,27)(H2,20,29,30)/t11?,13-,15+,16-/m1/s1. The van der Waals surface area contributed by atoms with Crippen molar-refractivity contribution >= 4 is 21.8 Å². The van der Waals surface area contributed by atoms with E-state index in [1.165, 1.54) is 11.8 Å². The average molecular weight is 457 g/mol. The molecule has 2 fully saturated rings. The van der Waals surface area contributed by atoms with Gasteiger partial charge in [-0.15, -0.1) is 5.10 Å². The van der Waals surface area contributed by atoms with E-state index in [1.807, 2.05) is 20.8 Å². The van der Waals surface area contributed by atoms with Crippen LogP contribution in [0.5, 0.6) is 0 Å². The number of nitrogens with two attached hydrogens (primary N) is 1. The highest BCUT2D eigenvalue weighted by Gasteiger charge is 2.45. The molecule has 11 nitrogen and oxygen atoms in total. The lowest BCUT2D eigenvalue weighted by atomic mass is 9.85. The average Bonchev–Trinajstić information content (AvgIpc) is 3.25. The molecule has 12 heteroatoms. The van der Waals surface area contributed by atoms with Gasteiger partial charge in [0.2, 0.25) is 21.8 Å². The van der Waals surface area contributed by atoms with E-state index in [1.54, 1.807) is 10.9 Å². The van der Waals surface area contributed by atoms with Crippen LogP contribution in [0, 0.1) is 5.41 Å². The van der Waals surface area contributed by atoms with Crippen LogP contribution < -0.4 is 10.5 Å². The molecule has 4 N–H and O–H groups in total. The molecule has 1 aliphatic heterocycles. The van der Waals surface area contributed by atoms with Crippen molar-refractivity contribution in [3.8, 4) is 0 Å². The molecule has 1 aromatic rings. The quantitative estimate of drug-likeness (QED) is 0.498. The predicted molar refractivity (Wildman–Crippen MR) is 112 cm³/mol. The van der Waals surface area contributed by atoms with Crippen molar-refractivity contribution in [2.75, 3.05) is 13.1 Å². The van der Waals surface area contributed by atoms with Crippen LogP contribution in [0.2, 0.25) is 0 Å². The Morgan fingerprint density at radius 3 is 2.55 bits per heavy atom. The Labute approximate surface area is 182 Å². The third kappa shape index (κ3) is 5.42. The molecule has 0 spiro atoms. The first-order valence-corrected chi connectivity index (χ1v) is 12.1. The number of likely N-dealkylation sites (tertiary alicyclic amines) is 1. The van der Waals surface area contributed by atoms with Gasteiger partial charge in [0.15, 0.2) is 0 Å². The van der Waals surface area contributed by atoms with Crippen molar-refractivity contribution in [1.29, 1.82) is 0 Å². The molecule has 2 amide bonds. The molecule has 3 rings (SSSR count). The van der Waals surface area contributed by atoms with Gasteiger partial charge in [-0.3, -0.25) is 9.59 Å². The second-order valence-electron chi connectivity index (χ2n) is 9.71. The molecule has 2 aliphatic rings. The molecule has 1 saturated heterocycles. The summed E-state index contributed by atoms with van der Waals surface area (Å²) in [5.74, 6) is -0.473. The fourth-order valence-electron chi connectivity index (χ4n) is 3.80. The fraction of sp³-hybridized carbons (Fsp3) is 0.789. The summed E-state index contributed by atoms with van der Waals surface area (Å²) < 4.78 is 24.4. The molecule has 0 bridgehead atoms. The van der Waals surface area contributed by atoms with E-state index in [-0.39, 0.29) is 25.4 Å². The van der Waals surface area contributed by atoms with Crippen molar-refractivity contribution in [2.45, 2.75) is 76.3 Å². The van der Waals surface area contributed by atoms with E-state index in [9.17, 15) is 23.1 Å². The molecule has 31 heavy (non-hydrogen) atoms. The van der Waals surface area contributed by atoms with Gasteiger partial charge in [-0.1, -0.05) is 26.0 Å². The number of carbonyl (C=O) groups is 2. The first-order valence-electron chi connectivity index (χ1n) is 10.5. The highest BCUT2D eigenvalue weighted by atomic mass is 32.2. The second-order valence-corrected chi connectivity index (χ2v) is 11.7. The molecule has 1 aliphatic carbocycles. The fourth-order valence-corrected chi connectivity index (χ4v) is 4.12. The lowest BCUT2D eigenvalue weighted by molar-refractivity contribution is -0.144. The van der Waals surface area contributed by atoms with Gasteiger partial charge in [-0.2, -0.15) is 0 Å². The molecule has 0 aromatic carbocycles. The Hall–Kier alpha value is -2.05. The van der Waals surface area contributed by atoms with Gasteiger partial charge in [-0.05, 0) is 25.2 Å². The van der Waals surface area contributed by atoms with Crippen LogP contribution in [-0.2, 0) is 19.6 Å². The van der Waals surface area contributed by atoms with Crippen LogP contribution >= 0.6 is 0 Å². The number of rotatable bonds is 7. The number of carbonyl (C=O) groups excluding carboxylic acids is 2. The van der Waals surface area contributed by atoms with Gasteiger partial charge in [-0.25, -0.2) is 18.2 Å². The number of aromatic nitrogens is 3. The van der Waals surface area contributed by atoms with Gasteiger partial charge in [0.25, 0.3) is 0 Å². The smallest absolute Gasteiger partial charge is 0.248 e. The minimum absolute atomic E-state index is 0.0123. The van der Waals surface area contributed by atoms with E-state index in [4.69, 9.17) is 5.14 Å². The normalized spacial score (nSPS) is 24.1. The maximum atomic E-state index is 13.6. The van der Waals surface area contributed by atoms with Crippen molar-refractivity contribution in [2.24, 2.45) is 10.6 Å². The lowest BCUT2D eigenvalue weighted by Gasteiger charge is -2.34. The van der Waals surface area contributed by atoms with Crippen molar-refractivity contribution in [3.05, 3.63) is 11.9 Å². The Morgan fingerprint density at radius 1 is 1.35 bits per heavy atom. The summed E-state index contributed by atoms with van der Waals surface area (Å²) in [7, 11) is -3.79. The number of nitrogens with zero attached hydrogens (tertiary/aromatic N) is 4. The topological polar surface area (TPSA) is 161 Å². The number of β-amino-alcohol motifs (C(OH)–C–C–N with tert-alkyl or cyclic N) is 1. The van der Waals surface area contributed by atoms with E-state index in [2.05, 4.69) is 15.6 Å². The molecule has 1 unspecified atom stereocenters. The summed E-state index contributed by atoms with van der Waals surface area (Å²) in [6.07, 6.45) is 3.13. The maximum absolute atomic E-state index is 13.6. The van der Waals surface area contributed by atoms with Crippen LogP contribution in [0.15, 0.2) is 6.20 Å². The third-order valence-electron chi connectivity index (χ3n) is 5.83. The number of aliphatic hydroxyl groups is 1. The summed E-state index contributed by atoms with van der Waals surface area (Å²) >= 11 is 0. The first-order chi connectivity index (χ1) is 14.3. The van der Waals surface area contributed by atoms with Gasteiger partial charge >= 0.3 is 0 Å². The van der Waals surface area contributed by atoms with Crippen molar-refractivity contribution in [3.63, 3.8) is 0 Å². The zero-order valence-electron chi connectivity index (χ0n) is 18.4. The Bertz CT molecular complexity index is 936. The number of hydrogen-bond donors (Lipinski definition) is 3. The number of sulfonamides is 1. The third-order valence-corrected chi connectivity index (χ3v) is 7.12. The highest BCUT2D eigenvalue weighted by Crippen LogP contribution is 2.40. The molecule has 174 valence electrons. The predicted octanol–water partition coefficient (Wildman–Crippen LogP) is -0.502. The number of hydrogen-bond acceptors (Lipinski definition) is 7. The second kappa shape index (κ2) is 8.47. The number of aliphatic hydroxyl groups excluding tert-OH is 1. The minimum atomic E-state index is -3.79. The number of amides is 2. The highest BCUT2D eigenvalue weighted by molar-refractivity contribution is 7.89. The van der Waals surface area contributed by atoms with Crippen LogP contribution in [0.3, 0.4) is 0 Å².